The minimum Gasteiger partial charge on any atom is -0.370 e. The highest BCUT2D eigenvalue weighted by Gasteiger charge is 2.04. The molecule has 0 aliphatic heterocycles. The Labute approximate surface area is 101 Å². The van der Waals surface area contributed by atoms with Crippen molar-refractivity contribution in [2.45, 2.75) is 32.7 Å². The second-order valence-electron chi connectivity index (χ2n) is 4.33. The molecule has 5 nitrogen and oxygen atoms in total. The number of rotatable bonds is 5. The molecule has 0 radical (unpaired) electrons. The number of anilines is 1. The minimum absolute atomic E-state index is 0.263. The van der Waals surface area contributed by atoms with E-state index in [2.05, 4.69) is 35.3 Å². The van der Waals surface area contributed by atoms with Gasteiger partial charge in [0.1, 0.15) is 12.1 Å². The van der Waals surface area contributed by atoms with Gasteiger partial charge in [-0.15, -0.1) is 0 Å². The maximum absolute atomic E-state index is 5.88. The number of aryl methyl sites for hydroxylation is 1. The van der Waals surface area contributed by atoms with Gasteiger partial charge in [0.05, 0.1) is 0 Å². The Bertz CT molecular complexity index is 491. The van der Waals surface area contributed by atoms with Crippen molar-refractivity contribution in [3.63, 3.8) is 0 Å². The Balaban J connectivity index is 2.09. The standard InChI is InChI=1S/C12H19N5/c1-3-10(13)4-5-14-11-6-9(2)7-12-15-8-16-17(11)12/h6-8,10,14H,3-5,13H2,1-2H3. The van der Waals surface area contributed by atoms with Crippen LogP contribution in [0.2, 0.25) is 0 Å². The molecule has 2 heterocycles. The van der Waals surface area contributed by atoms with E-state index in [1.807, 2.05) is 10.6 Å². The van der Waals surface area contributed by atoms with E-state index in [0.717, 1.165) is 30.9 Å². The number of fused-ring (bicyclic) bond motifs is 1. The molecule has 0 bridgehead atoms. The zero-order valence-corrected chi connectivity index (χ0v) is 10.3. The Hall–Kier alpha value is -1.62. The fourth-order valence-corrected chi connectivity index (χ4v) is 1.77. The zero-order chi connectivity index (χ0) is 12.3. The van der Waals surface area contributed by atoms with Crippen LogP contribution in [0.15, 0.2) is 18.5 Å². The molecule has 0 fully saturated rings. The van der Waals surface area contributed by atoms with E-state index in [1.54, 1.807) is 6.33 Å². The normalized spacial score (nSPS) is 12.9. The fraction of sp³-hybridized carbons (Fsp3) is 0.500. The summed E-state index contributed by atoms with van der Waals surface area (Å²) in [7, 11) is 0. The van der Waals surface area contributed by atoms with Crippen molar-refractivity contribution in [1.82, 2.24) is 14.6 Å². The van der Waals surface area contributed by atoms with Gasteiger partial charge < -0.3 is 11.1 Å². The number of nitrogens with zero attached hydrogens (tertiary/aromatic N) is 3. The molecule has 1 atom stereocenters. The van der Waals surface area contributed by atoms with Gasteiger partial charge in [-0.25, -0.2) is 4.98 Å². The van der Waals surface area contributed by atoms with E-state index >= 15 is 0 Å². The van der Waals surface area contributed by atoms with Crippen LogP contribution in [0.5, 0.6) is 0 Å². The topological polar surface area (TPSA) is 68.2 Å². The van der Waals surface area contributed by atoms with E-state index in [4.69, 9.17) is 5.73 Å². The average molecular weight is 233 g/mol. The van der Waals surface area contributed by atoms with E-state index in [0.29, 0.717) is 0 Å². The predicted octanol–water partition coefficient (Wildman–Crippen LogP) is 1.58. The first-order valence-electron chi connectivity index (χ1n) is 6.00. The fourth-order valence-electron chi connectivity index (χ4n) is 1.77. The molecule has 0 saturated heterocycles. The lowest BCUT2D eigenvalue weighted by atomic mass is 10.2. The molecular formula is C12H19N5. The summed E-state index contributed by atoms with van der Waals surface area (Å²) in [6.07, 6.45) is 3.53. The van der Waals surface area contributed by atoms with Crippen LogP contribution in [0.4, 0.5) is 5.82 Å². The molecule has 0 aromatic carbocycles. The number of nitrogens with one attached hydrogen (secondary N) is 1. The molecule has 0 aliphatic rings. The third-order valence-corrected chi connectivity index (χ3v) is 2.87. The summed E-state index contributed by atoms with van der Waals surface area (Å²) in [6, 6.07) is 4.34. The van der Waals surface area contributed by atoms with Gasteiger partial charge >= 0.3 is 0 Å². The van der Waals surface area contributed by atoms with Crippen molar-refractivity contribution in [3.8, 4) is 0 Å². The lowest BCUT2D eigenvalue weighted by Crippen LogP contribution is -2.22. The average Bonchev–Trinajstić information content (AvgIpc) is 2.76. The minimum atomic E-state index is 0.263. The van der Waals surface area contributed by atoms with Gasteiger partial charge in [-0.05, 0) is 37.5 Å². The van der Waals surface area contributed by atoms with Crippen LogP contribution < -0.4 is 11.1 Å². The summed E-state index contributed by atoms with van der Waals surface area (Å²) < 4.78 is 1.81. The highest BCUT2D eigenvalue weighted by atomic mass is 15.3. The monoisotopic (exact) mass is 233 g/mol. The van der Waals surface area contributed by atoms with Crippen LogP contribution in [0.25, 0.3) is 5.65 Å². The van der Waals surface area contributed by atoms with Gasteiger partial charge in [0.2, 0.25) is 0 Å². The molecule has 5 heteroatoms. The highest BCUT2D eigenvalue weighted by molar-refractivity contribution is 5.51. The van der Waals surface area contributed by atoms with Crippen molar-refractivity contribution in [1.29, 1.82) is 0 Å². The number of aromatic nitrogens is 3. The third kappa shape index (κ3) is 2.74. The van der Waals surface area contributed by atoms with Crippen molar-refractivity contribution in [2.24, 2.45) is 5.73 Å². The molecule has 2 aromatic heterocycles. The molecular weight excluding hydrogens is 214 g/mol. The summed E-state index contributed by atoms with van der Waals surface area (Å²) in [5, 5.41) is 7.55. The van der Waals surface area contributed by atoms with Gasteiger partial charge in [0.15, 0.2) is 5.65 Å². The lowest BCUT2D eigenvalue weighted by Gasteiger charge is -2.11. The molecule has 0 aliphatic carbocycles. The molecule has 3 N–H and O–H groups in total. The van der Waals surface area contributed by atoms with Crippen LogP contribution in [-0.4, -0.2) is 27.2 Å². The molecule has 1 unspecified atom stereocenters. The van der Waals surface area contributed by atoms with Crippen molar-refractivity contribution < 1.29 is 0 Å². The quantitative estimate of drug-likeness (QED) is 0.822. The van der Waals surface area contributed by atoms with Crippen molar-refractivity contribution >= 4 is 11.5 Å². The van der Waals surface area contributed by atoms with Gasteiger partial charge in [-0.1, -0.05) is 6.92 Å². The highest BCUT2D eigenvalue weighted by Crippen LogP contribution is 2.13. The molecule has 2 aromatic rings. The summed E-state index contributed by atoms with van der Waals surface area (Å²) in [6.45, 7) is 5.01. The number of pyridine rings is 1. The SMILES string of the molecule is CCC(N)CCNc1cc(C)cc2ncnn12. The molecule has 92 valence electrons. The molecule has 0 spiro atoms. The number of hydrogen-bond donors (Lipinski definition) is 2. The van der Waals surface area contributed by atoms with Gasteiger partial charge in [0.25, 0.3) is 0 Å². The van der Waals surface area contributed by atoms with E-state index in [9.17, 15) is 0 Å². The first-order valence-corrected chi connectivity index (χ1v) is 6.00. The Kier molecular flexibility index (Phi) is 3.58. The van der Waals surface area contributed by atoms with Crippen LogP contribution >= 0.6 is 0 Å². The number of hydrogen-bond acceptors (Lipinski definition) is 4. The number of nitrogens with two attached hydrogens (primary N) is 1. The maximum Gasteiger partial charge on any atom is 0.157 e. The van der Waals surface area contributed by atoms with Gasteiger partial charge in [-0.3, -0.25) is 0 Å². The second-order valence-corrected chi connectivity index (χ2v) is 4.33. The molecule has 0 saturated carbocycles. The first kappa shape index (κ1) is 11.9. The van der Waals surface area contributed by atoms with Crippen LogP contribution in [0.1, 0.15) is 25.3 Å². The van der Waals surface area contributed by atoms with E-state index in [-0.39, 0.29) is 6.04 Å². The Morgan fingerprint density at radius 2 is 2.29 bits per heavy atom. The maximum atomic E-state index is 5.88. The molecule has 2 rings (SSSR count). The third-order valence-electron chi connectivity index (χ3n) is 2.87. The largest absolute Gasteiger partial charge is 0.370 e. The van der Waals surface area contributed by atoms with Crippen LogP contribution in [0, 0.1) is 6.92 Å². The summed E-state index contributed by atoms with van der Waals surface area (Å²) in [4.78, 5) is 4.19. The predicted molar refractivity (Wildman–Crippen MR) is 69.1 cm³/mol. The molecule has 0 amide bonds. The van der Waals surface area contributed by atoms with Crippen LogP contribution in [-0.2, 0) is 0 Å². The lowest BCUT2D eigenvalue weighted by molar-refractivity contribution is 0.612. The second kappa shape index (κ2) is 5.14. The zero-order valence-electron chi connectivity index (χ0n) is 10.3. The van der Waals surface area contributed by atoms with Gasteiger partial charge in [-0.2, -0.15) is 9.61 Å². The summed E-state index contributed by atoms with van der Waals surface area (Å²) >= 11 is 0. The van der Waals surface area contributed by atoms with Crippen molar-refractivity contribution in [2.75, 3.05) is 11.9 Å². The van der Waals surface area contributed by atoms with Gasteiger partial charge in [0, 0.05) is 12.6 Å². The molecule has 17 heavy (non-hydrogen) atoms. The summed E-state index contributed by atoms with van der Waals surface area (Å²) in [5.74, 6) is 0.973. The Morgan fingerprint density at radius 3 is 3.06 bits per heavy atom. The first-order chi connectivity index (χ1) is 8.20. The van der Waals surface area contributed by atoms with Crippen LogP contribution in [0.3, 0.4) is 0 Å². The van der Waals surface area contributed by atoms with E-state index in [1.165, 1.54) is 5.56 Å². The van der Waals surface area contributed by atoms with Crippen molar-refractivity contribution in [3.05, 3.63) is 24.0 Å². The van der Waals surface area contributed by atoms with E-state index < -0.39 is 0 Å². The smallest absolute Gasteiger partial charge is 0.157 e. The Morgan fingerprint density at radius 1 is 1.47 bits per heavy atom. The summed E-state index contributed by atoms with van der Waals surface area (Å²) in [5.41, 5.74) is 7.93.